The Balaban J connectivity index is 3.03. The third kappa shape index (κ3) is 3.72. The maximum Gasteiger partial charge on any atom is 0.246 e. The van der Waals surface area contributed by atoms with Crippen LogP contribution in [-0.4, -0.2) is 55.2 Å². The number of aromatic nitrogens is 2. The highest BCUT2D eigenvalue weighted by Crippen LogP contribution is 2.22. The first kappa shape index (κ1) is 17.4. The Bertz CT molecular complexity index is 542. The average molecular weight is 324 g/mol. The van der Waals surface area contributed by atoms with Crippen LogP contribution in [0.15, 0.2) is 4.90 Å². The van der Waals surface area contributed by atoms with E-state index in [1.807, 2.05) is 6.92 Å². The van der Waals surface area contributed by atoms with E-state index >= 15 is 0 Å². The SMILES string of the molecule is CCOCCN(C)S(=O)(=O)c1c(C)nn(CCCl)c1C. The molecule has 0 aliphatic rings. The number of aryl methyl sites for hydroxylation is 2. The first-order valence-corrected chi connectivity index (χ1v) is 8.47. The molecule has 0 saturated heterocycles. The van der Waals surface area contributed by atoms with Gasteiger partial charge >= 0.3 is 0 Å². The van der Waals surface area contributed by atoms with Gasteiger partial charge in [0.2, 0.25) is 10.0 Å². The summed E-state index contributed by atoms with van der Waals surface area (Å²) in [5.41, 5.74) is 1.11. The van der Waals surface area contributed by atoms with Crippen molar-refractivity contribution in [1.82, 2.24) is 14.1 Å². The lowest BCUT2D eigenvalue weighted by atomic mass is 10.4. The molecule has 1 heterocycles. The van der Waals surface area contributed by atoms with Gasteiger partial charge in [-0.05, 0) is 20.8 Å². The third-order valence-electron chi connectivity index (χ3n) is 3.03. The van der Waals surface area contributed by atoms with Crippen molar-refractivity contribution in [2.75, 3.05) is 32.7 Å². The molecule has 20 heavy (non-hydrogen) atoms. The first-order chi connectivity index (χ1) is 9.36. The van der Waals surface area contributed by atoms with Crippen molar-refractivity contribution in [2.24, 2.45) is 0 Å². The van der Waals surface area contributed by atoms with Gasteiger partial charge in [-0.1, -0.05) is 0 Å². The van der Waals surface area contributed by atoms with Crippen molar-refractivity contribution in [2.45, 2.75) is 32.2 Å². The molecular weight excluding hydrogens is 302 g/mol. The van der Waals surface area contributed by atoms with Crippen molar-refractivity contribution >= 4 is 21.6 Å². The van der Waals surface area contributed by atoms with E-state index in [2.05, 4.69) is 5.10 Å². The smallest absolute Gasteiger partial charge is 0.246 e. The maximum absolute atomic E-state index is 12.6. The molecule has 6 nitrogen and oxygen atoms in total. The quantitative estimate of drug-likeness (QED) is 0.536. The number of nitrogens with zero attached hydrogens (tertiary/aromatic N) is 3. The number of ether oxygens (including phenoxy) is 1. The Morgan fingerprint density at radius 1 is 1.40 bits per heavy atom. The monoisotopic (exact) mass is 323 g/mol. The summed E-state index contributed by atoms with van der Waals surface area (Å²) >= 11 is 5.69. The van der Waals surface area contributed by atoms with E-state index in [9.17, 15) is 8.42 Å². The molecule has 0 unspecified atom stereocenters. The molecule has 1 aromatic rings. The van der Waals surface area contributed by atoms with Gasteiger partial charge in [0.25, 0.3) is 0 Å². The number of sulfonamides is 1. The number of rotatable bonds is 8. The largest absolute Gasteiger partial charge is 0.380 e. The van der Waals surface area contributed by atoms with E-state index < -0.39 is 10.0 Å². The van der Waals surface area contributed by atoms with E-state index in [0.29, 0.717) is 43.6 Å². The van der Waals surface area contributed by atoms with E-state index in [1.165, 1.54) is 4.31 Å². The fourth-order valence-corrected chi connectivity index (χ4v) is 3.64. The molecule has 116 valence electrons. The van der Waals surface area contributed by atoms with Crippen molar-refractivity contribution in [3.8, 4) is 0 Å². The van der Waals surface area contributed by atoms with Crippen LogP contribution in [0.1, 0.15) is 18.3 Å². The molecule has 0 atom stereocenters. The van der Waals surface area contributed by atoms with Crippen LogP contribution in [0.5, 0.6) is 0 Å². The summed E-state index contributed by atoms with van der Waals surface area (Å²) in [6, 6.07) is 0. The lowest BCUT2D eigenvalue weighted by molar-refractivity contribution is 0.138. The van der Waals surface area contributed by atoms with Gasteiger partial charge in [-0.3, -0.25) is 4.68 Å². The van der Waals surface area contributed by atoms with Crippen LogP contribution >= 0.6 is 11.6 Å². The molecule has 0 aromatic carbocycles. The lowest BCUT2D eigenvalue weighted by Gasteiger charge is -2.17. The van der Waals surface area contributed by atoms with Crippen molar-refractivity contribution in [1.29, 1.82) is 0 Å². The fourth-order valence-electron chi connectivity index (χ4n) is 1.97. The molecule has 0 spiro atoms. The predicted octanol–water partition coefficient (Wildman–Crippen LogP) is 1.40. The summed E-state index contributed by atoms with van der Waals surface area (Å²) in [6.07, 6.45) is 0. The van der Waals surface area contributed by atoms with Crippen LogP contribution in [0.4, 0.5) is 0 Å². The van der Waals surface area contributed by atoms with Gasteiger partial charge in [0.15, 0.2) is 0 Å². The molecule has 1 rings (SSSR count). The summed E-state index contributed by atoms with van der Waals surface area (Å²) in [5.74, 6) is 0.391. The van der Waals surface area contributed by atoms with Crippen molar-refractivity contribution < 1.29 is 13.2 Å². The Morgan fingerprint density at radius 3 is 2.60 bits per heavy atom. The van der Waals surface area contributed by atoms with E-state index in [4.69, 9.17) is 16.3 Å². The topological polar surface area (TPSA) is 64.4 Å². The zero-order valence-electron chi connectivity index (χ0n) is 12.4. The Morgan fingerprint density at radius 2 is 2.05 bits per heavy atom. The molecule has 8 heteroatoms. The number of likely N-dealkylation sites (N-methyl/N-ethyl adjacent to an activating group) is 1. The molecule has 1 aromatic heterocycles. The minimum absolute atomic E-state index is 0.265. The van der Waals surface area contributed by atoms with Crippen molar-refractivity contribution in [3.05, 3.63) is 11.4 Å². The second-order valence-corrected chi connectivity index (χ2v) is 6.80. The van der Waals surface area contributed by atoms with Gasteiger partial charge in [-0.2, -0.15) is 9.40 Å². The summed E-state index contributed by atoms with van der Waals surface area (Å²) in [7, 11) is -2.00. The molecule has 0 amide bonds. The summed E-state index contributed by atoms with van der Waals surface area (Å²) < 4.78 is 33.3. The molecule has 0 fully saturated rings. The van der Waals surface area contributed by atoms with Crippen LogP contribution in [-0.2, 0) is 21.3 Å². The number of halogens is 1. The van der Waals surface area contributed by atoms with Gasteiger partial charge in [0.05, 0.1) is 24.5 Å². The second-order valence-electron chi connectivity index (χ2n) is 4.44. The highest BCUT2D eigenvalue weighted by atomic mass is 35.5. The number of alkyl halides is 1. The molecular formula is C12H22ClN3O3S. The normalized spacial score (nSPS) is 12.3. The zero-order valence-corrected chi connectivity index (χ0v) is 14.0. The van der Waals surface area contributed by atoms with Crippen LogP contribution in [0.3, 0.4) is 0 Å². The lowest BCUT2D eigenvalue weighted by Crippen LogP contribution is -2.31. The first-order valence-electron chi connectivity index (χ1n) is 6.50. The average Bonchev–Trinajstić information content (AvgIpc) is 2.65. The Kier molecular flexibility index (Phi) is 6.44. The third-order valence-corrected chi connectivity index (χ3v) is 5.31. The summed E-state index contributed by atoms with van der Waals surface area (Å²) in [6.45, 7) is 7.07. The number of hydrogen-bond acceptors (Lipinski definition) is 4. The molecule has 0 saturated carbocycles. The predicted molar refractivity (Wildman–Crippen MR) is 78.7 cm³/mol. The molecule has 0 aliphatic carbocycles. The maximum atomic E-state index is 12.6. The van der Waals surface area contributed by atoms with Crippen LogP contribution in [0.2, 0.25) is 0 Å². The molecule has 0 aliphatic heterocycles. The van der Waals surface area contributed by atoms with Crippen molar-refractivity contribution in [3.63, 3.8) is 0 Å². The second kappa shape index (κ2) is 7.40. The minimum Gasteiger partial charge on any atom is -0.380 e. The molecule has 0 N–H and O–H groups in total. The van der Waals surface area contributed by atoms with Gasteiger partial charge in [-0.25, -0.2) is 8.42 Å². The molecule has 0 bridgehead atoms. The zero-order chi connectivity index (χ0) is 15.3. The van der Waals surface area contributed by atoms with Crippen LogP contribution in [0, 0.1) is 13.8 Å². The van der Waals surface area contributed by atoms with Crippen LogP contribution < -0.4 is 0 Å². The van der Waals surface area contributed by atoms with E-state index in [1.54, 1.807) is 25.6 Å². The minimum atomic E-state index is -3.55. The van der Waals surface area contributed by atoms with Gasteiger partial charge in [0.1, 0.15) is 4.90 Å². The highest BCUT2D eigenvalue weighted by Gasteiger charge is 2.28. The van der Waals surface area contributed by atoms with Gasteiger partial charge in [-0.15, -0.1) is 11.6 Å². The molecule has 0 radical (unpaired) electrons. The van der Waals surface area contributed by atoms with Gasteiger partial charge in [0, 0.05) is 26.1 Å². The van der Waals surface area contributed by atoms with E-state index in [0.717, 1.165) is 0 Å². The summed E-state index contributed by atoms with van der Waals surface area (Å²) in [5, 5.41) is 4.24. The fraction of sp³-hybridized carbons (Fsp3) is 0.750. The Labute approximate surface area is 125 Å². The standard InChI is InChI=1S/C12H22ClN3O3S/c1-5-19-9-8-15(4)20(17,18)12-10(2)14-16(7-6-13)11(12)3/h5-9H2,1-4H3. The van der Waals surface area contributed by atoms with Crippen LogP contribution in [0.25, 0.3) is 0 Å². The summed E-state index contributed by atoms with van der Waals surface area (Å²) in [4.78, 5) is 0.265. The highest BCUT2D eigenvalue weighted by molar-refractivity contribution is 7.89. The number of hydrogen-bond donors (Lipinski definition) is 0. The van der Waals surface area contributed by atoms with Gasteiger partial charge < -0.3 is 4.74 Å². The van der Waals surface area contributed by atoms with E-state index in [-0.39, 0.29) is 4.90 Å². The Hall–Kier alpha value is -0.630.